The maximum atomic E-state index is 12.9. The third-order valence-corrected chi connectivity index (χ3v) is 8.61. The number of benzene rings is 2. The van der Waals surface area contributed by atoms with Crippen molar-refractivity contribution in [2.45, 2.75) is 72.6 Å². The number of amides is 4. The van der Waals surface area contributed by atoms with Crippen LogP contribution in [0, 0.1) is 24.7 Å². The van der Waals surface area contributed by atoms with Crippen LogP contribution < -0.4 is 0 Å². The smallest absolute Gasteiger partial charge is 0.321 e. The summed E-state index contributed by atoms with van der Waals surface area (Å²) in [6, 6.07) is 14.4. The zero-order valence-corrected chi connectivity index (χ0v) is 27.1. The van der Waals surface area contributed by atoms with Gasteiger partial charge in [0.05, 0.1) is 5.41 Å². The Morgan fingerprint density at radius 3 is 1.67 bits per heavy atom. The van der Waals surface area contributed by atoms with Crippen LogP contribution >= 0.6 is 0 Å². The van der Waals surface area contributed by atoms with Crippen molar-refractivity contribution in [1.29, 1.82) is 0 Å². The summed E-state index contributed by atoms with van der Waals surface area (Å²) in [5.41, 5.74) is 1.32. The number of carbonyl (C=O) groups excluding carboxylic acids is 5. The van der Waals surface area contributed by atoms with Gasteiger partial charge in [-0.3, -0.25) is 33.8 Å². The van der Waals surface area contributed by atoms with Gasteiger partial charge in [-0.25, -0.2) is 0 Å². The lowest BCUT2D eigenvalue weighted by Crippen LogP contribution is -2.48. The summed E-state index contributed by atoms with van der Waals surface area (Å²) in [6.45, 7) is 15.5. The van der Waals surface area contributed by atoms with Gasteiger partial charge in [-0.2, -0.15) is 0 Å². The van der Waals surface area contributed by atoms with Crippen LogP contribution in [0.2, 0.25) is 0 Å². The van der Waals surface area contributed by atoms with Crippen LogP contribution in [0.4, 0.5) is 0 Å². The van der Waals surface area contributed by atoms with E-state index >= 15 is 0 Å². The first-order chi connectivity index (χ1) is 21.4. The molecule has 1 unspecified atom stereocenters. The molecule has 0 saturated carbocycles. The molecule has 0 bridgehead atoms. The van der Waals surface area contributed by atoms with E-state index < -0.39 is 22.7 Å². The van der Waals surface area contributed by atoms with E-state index in [4.69, 9.17) is 4.74 Å². The minimum atomic E-state index is -1.33. The van der Waals surface area contributed by atoms with Crippen molar-refractivity contribution in [3.8, 4) is 0 Å². The summed E-state index contributed by atoms with van der Waals surface area (Å²) < 4.78 is 5.09. The van der Waals surface area contributed by atoms with E-state index in [9.17, 15) is 24.0 Å². The molecule has 2 fully saturated rings. The highest BCUT2D eigenvalue weighted by Crippen LogP contribution is 2.35. The Morgan fingerprint density at radius 2 is 1.20 bits per heavy atom. The maximum Gasteiger partial charge on any atom is 0.321 e. The molecular weight excluding hydrogens is 568 g/mol. The molecule has 0 N–H and O–H groups in total. The topological polar surface area (TPSA) is 101 Å². The van der Waals surface area contributed by atoms with Crippen molar-refractivity contribution >= 4 is 29.6 Å². The molecule has 8 heteroatoms. The van der Waals surface area contributed by atoms with E-state index in [0.717, 1.165) is 30.4 Å². The first-order valence-electron chi connectivity index (χ1n) is 15.6. The fraction of sp³-hybridized carbons (Fsp3) is 0.432. The van der Waals surface area contributed by atoms with Gasteiger partial charge in [0, 0.05) is 24.2 Å². The fourth-order valence-electron chi connectivity index (χ4n) is 5.66. The molecule has 2 saturated heterocycles. The lowest BCUT2D eigenvalue weighted by atomic mass is 9.81. The molecule has 2 aromatic rings. The highest BCUT2D eigenvalue weighted by molar-refractivity contribution is 6.12. The fourth-order valence-corrected chi connectivity index (χ4v) is 5.66. The first-order valence-corrected chi connectivity index (χ1v) is 15.6. The summed E-state index contributed by atoms with van der Waals surface area (Å²) in [5, 5.41) is 0. The molecule has 8 nitrogen and oxygen atoms in total. The van der Waals surface area contributed by atoms with Crippen LogP contribution in [0.3, 0.4) is 0 Å². The largest absolute Gasteiger partial charge is 0.461 e. The molecule has 0 spiro atoms. The predicted molar refractivity (Wildman–Crippen MR) is 174 cm³/mol. The Bertz CT molecular complexity index is 1410. The summed E-state index contributed by atoms with van der Waals surface area (Å²) in [4.78, 5) is 66.1. The van der Waals surface area contributed by atoms with Crippen molar-refractivity contribution < 1.29 is 28.7 Å². The summed E-state index contributed by atoms with van der Waals surface area (Å²) >= 11 is 0. The summed E-state index contributed by atoms with van der Waals surface area (Å²) in [7, 11) is 0. The highest BCUT2D eigenvalue weighted by Gasteiger charge is 2.47. The number of nitrogens with zero attached hydrogens (tertiary/aromatic N) is 2. The molecule has 45 heavy (non-hydrogen) atoms. The number of hydrogen-bond acceptors (Lipinski definition) is 6. The first kappa shape index (κ1) is 35.2. The predicted octanol–water partition coefficient (Wildman–Crippen LogP) is 6.61. The van der Waals surface area contributed by atoms with Crippen LogP contribution in [-0.4, -0.2) is 59.1 Å². The van der Waals surface area contributed by atoms with E-state index in [2.05, 4.69) is 13.2 Å². The van der Waals surface area contributed by atoms with Gasteiger partial charge < -0.3 is 4.74 Å². The highest BCUT2D eigenvalue weighted by atomic mass is 16.5. The zero-order chi connectivity index (χ0) is 33.2. The van der Waals surface area contributed by atoms with E-state index in [1.165, 1.54) is 15.9 Å². The van der Waals surface area contributed by atoms with Gasteiger partial charge in [-0.1, -0.05) is 73.9 Å². The van der Waals surface area contributed by atoms with Gasteiger partial charge in [0.2, 0.25) is 11.8 Å². The number of likely N-dealkylation sites (tertiary alicyclic amines) is 2. The third-order valence-electron chi connectivity index (χ3n) is 8.61. The van der Waals surface area contributed by atoms with Crippen molar-refractivity contribution in [1.82, 2.24) is 9.80 Å². The van der Waals surface area contributed by atoms with E-state index in [1.807, 2.05) is 45.0 Å². The van der Waals surface area contributed by atoms with Crippen molar-refractivity contribution in [2.75, 3.05) is 19.7 Å². The van der Waals surface area contributed by atoms with E-state index in [0.29, 0.717) is 49.9 Å². The number of esters is 1. The van der Waals surface area contributed by atoms with Crippen LogP contribution in [0.5, 0.6) is 0 Å². The van der Waals surface area contributed by atoms with Gasteiger partial charge in [0.15, 0.2) is 0 Å². The van der Waals surface area contributed by atoms with Gasteiger partial charge >= 0.3 is 5.97 Å². The van der Waals surface area contributed by atoms with Gasteiger partial charge in [0.25, 0.3) is 11.8 Å². The Labute approximate surface area is 267 Å². The van der Waals surface area contributed by atoms with Crippen LogP contribution in [0.25, 0.3) is 0 Å². The van der Waals surface area contributed by atoms with Gasteiger partial charge in [-0.15, -0.1) is 6.58 Å². The third kappa shape index (κ3) is 8.44. The van der Waals surface area contributed by atoms with Crippen LogP contribution in [-0.2, 0) is 19.1 Å². The molecule has 0 aromatic heterocycles. The molecule has 0 aliphatic carbocycles. The monoisotopic (exact) mass is 614 g/mol. The Balaban J connectivity index is 0.000000248. The number of carbonyl (C=O) groups is 5. The number of aryl methyl sites for hydroxylation is 2. The maximum absolute atomic E-state index is 12.9. The minimum absolute atomic E-state index is 0.0492. The van der Waals surface area contributed by atoms with E-state index in [1.54, 1.807) is 37.3 Å². The molecule has 4 amide bonds. The average molecular weight is 615 g/mol. The molecular formula is C37H46N2O6. The normalized spacial score (nSPS) is 21.9. The molecule has 2 atom stereocenters. The number of imide groups is 2. The summed E-state index contributed by atoms with van der Waals surface area (Å²) in [5.74, 6) is -1.71. The Kier molecular flexibility index (Phi) is 12.2. The zero-order valence-electron chi connectivity index (χ0n) is 27.1. The van der Waals surface area contributed by atoms with Crippen LogP contribution in [0.15, 0.2) is 73.8 Å². The number of hydrogen-bond donors (Lipinski definition) is 0. The second-order valence-electron chi connectivity index (χ2n) is 12.4. The van der Waals surface area contributed by atoms with Gasteiger partial charge in [-0.05, 0) is 77.1 Å². The minimum Gasteiger partial charge on any atom is -0.461 e. The average Bonchev–Trinajstić information content (AvgIpc) is 3.27. The molecule has 2 heterocycles. The number of rotatable bonds is 7. The molecule has 2 aliphatic heterocycles. The molecule has 4 rings (SSSR count). The molecule has 2 aromatic carbocycles. The Hall–Kier alpha value is -4.33. The quantitative estimate of drug-likeness (QED) is 0.151. The lowest BCUT2D eigenvalue weighted by molar-refractivity contribution is -0.162. The lowest BCUT2D eigenvalue weighted by Gasteiger charge is -2.30. The van der Waals surface area contributed by atoms with Gasteiger partial charge in [0.1, 0.15) is 12.0 Å². The van der Waals surface area contributed by atoms with Crippen LogP contribution in [0.1, 0.15) is 90.6 Å². The molecule has 0 radical (unpaired) electrons. The number of ether oxygens (including phenoxy) is 1. The SMILES string of the molecule is C=CCOC(=O)C1(C)CCCCN(C(=O)c2ccc(C)cc2)C1=O.C=CC[C@]1(C)CCCCN(C(=O)c2ccc(C)cc2)C1=O. The Morgan fingerprint density at radius 1 is 0.733 bits per heavy atom. The second-order valence-corrected chi connectivity index (χ2v) is 12.4. The summed E-state index contributed by atoms with van der Waals surface area (Å²) in [6.07, 6.45) is 8.23. The van der Waals surface area contributed by atoms with Crippen molar-refractivity contribution in [2.24, 2.45) is 10.8 Å². The van der Waals surface area contributed by atoms with Crippen molar-refractivity contribution in [3.05, 3.63) is 96.1 Å². The molecule has 240 valence electrons. The second kappa shape index (κ2) is 15.6. The van der Waals surface area contributed by atoms with Crippen molar-refractivity contribution in [3.63, 3.8) is 0 Å². The van der Waals surface area contributed by atoms with E-state index in [-0.39, 0.29) is 24.3 Å². The standard InChI is InChI=1S/C19H23NO4.C18H23NO2/c1-4-13-24-18(23)19(3)11-5-6-12-20(17(19)22)16(21)15-9-7-14(2)8-10-15;1-4-11-18(3)12-5-6-13-19(17(18)21)16(20)15-9-7-14(2)8-10-15/h4,7-10H,1,5-6,11-13H2,2-3H3;4,7-10H,1,5-6,11-13H2,2-3H3/t;18-/m.1/s1. The molecule has 2 aliphatic rings. The number of allylic oxidation sites excluding steroid dienone is 1.